The fraction of sp³-hybridized carbons (Fsp3) is 0.105. The van der Waals surface area contributed by atoms with Crippen molar-refractivity contribution in [2.24, 2.45) is 5.10 Å². The van der Waals surface area contributed by atoms with Gasteiger partial charge < -0.3 is 9.47 Å². The molecule has 138 valence electrons. The second-order valence-corrected chi connectivity index (χ2v) is 6.35. The third kappa shape index (κ3) is 5.18. The van der Waals surface area contributed by atoms with Crippen molar-refractivity contribution in [3.63, 3.8) is 0 Å². The molecule has 1 aromatic heterocycles. The van der Waals surface area contributed by atoms with Gasteiger partial charge in [-0.1, -0.05) is 15.9 Å². The first-order valence-corrected chi connectivity index (χ1v) is 8.82. The molecule has 0 fully saturated rings. The van der Waals surface area contributed by atoms with E-state index in [1.54, 1.807) is 60.6 Å². The zero-order chi connectivity index (χ0) is 19.1. The lowest BCUT2D eigenvalue weighted by Gasteiger charge is -2.11. The molecule has 3 aromatic rings. The van der Waals surface area contributed by atoms with Crippen LogP contribution >= 0.6 is 15.9 Å². The molecule has 0 spiro atoms. The number of hydrogen-bond donors (Lipinski definition) is 1. The minimum atomic E-state index is -0.289. The summed E-state index contributed by atoms with van der Waals surface area (Å²) in [6, 6.07) is 14.2. The first-order valence-electron chi connectivity index (χ1n) is 8.03. The van der Waals surface area contributed by atoms with Crippen molar-refractivity contribution in [1.29, 1.82) is 0 Å². The molecule has 27 heavy (non-hydrogen) atoms. The number of carbonyl (C=O) groups is 1. The highest BCUT2D eigenvalue weighted by Crippen LogP contribution is 2.27. The van der Waals surface area contributed by atoms with E-state index in [0.717, 1.165) is 10.0 Å². The molecule has 0 saturated heterocycles. The Morgan fingerprint density at radius 2 is 2.07 bits per heavy atom. The van der Waals surface area contributed by atoms with E-state index in [1.807, 2.05) is 12.1 Å². The first-order chi connectivity index (χ1) is 13.2. The Labute approximate surface area is 164 Å². The summed E-state index contributed by atoms with van der Waals surface area (Å²) in [7, 11) is 1.57. The summed E-state index contributed by atoms with van der Waals surface area (Å²) in [5, 5.41) is 8.08. The SMILES string of the molecule is COc1ccc(/C=N/NC(=O)c2ccc(Br)cc2)cc1OCn1cccn1. The van der Waals surface area contributed by atoms with Gasteiger partial charge in [0, 0.05) is 22.4 Å². The number of aromatic nitrogens is 2. The predicted octanol–water partition coefficient (Wildman–Crippen LogP) is 3.45. The number of nitrogens with one attached hydrogen (secondary N) is 1. The number of carbonyl (C=O) groups excluding carboxylic acids is 1. The fourth-order valence-corrected chi connectivity index (χ4v) is 2.49. The van der Waals surface area contributed by atoms with Gasteiger partial charge in [-0.25, -0.2) is 10.1 Å². The van der Waals surface area contributed by atoms with Gasteiger partial charge in [0.05, 0.1) is 13.3 Å². The van der Waals surface area contributed by atoms with E-state index in [4.69, 9.17) is 9.47 Å². The van der Waals surface area contributed by atoms with Crippen molar-refractivity contribution in [3.05, 3.63) is 76.5 Å². The lowest BCUT2D eigenvalue weighted by atomic mass is 10.2. The van der Waals surface area contributed by atoms with Gasteiger partial charge in [0.1, 0.15) is 0 Å². The molecular weight excluding hydrogens is 412 g/mol. The molecule has 1 amide bonds. The third-order valence-electron chi connectivity index (χ3n) is 3.59. The van der Waals surface area contributed by atoms with Crippen molar-refractivity contribution >= 4 is 28.1 Å². The minimum Gasteiger partial charge on any atom is -0.493 e. The molecule has 0 unspecified atom stereocenters. The molecule has 0 aliphatic rings. The van der Waals surface area contributed by atoms with Crippen LogP contribution in [0.1, 0.15) is 15.9 Å². The number of nitrogens with zero attached hydrogens (tertiary/aromatic N) is 3. The molecule has 0 aliphatic carbocycles. The highest BCUT2D eigenvalue weighted by Gasteiger charge is 2.06. The van der Waals surface area contributed by atoms with Crippen LogP contribution in [-0.2, 0) is 6.73 Å². The molecule has 2 aromatic carbocycles. The van der Waals surface area contributed by atoms with Gasteiger partial charge in [-0.3, -0.25) is 4.79 Å². The van der Waals surface area contributed by atoms with E-state index in [2.05, 4.69) is 31.6 Å². The molecule has 0 saturated carbocycles. The van der Waals surface area contributed by atoms with Gasteiger partial charge in [-0.05, 0) is 54.1 Å². The van der Waals surface area contributed by atoms with Crippen LogP contribution in [-0.4, -0.2) is 29.0 Å². The lowest BCUT2D eigenvalue weighted by Crippen LogP contribution is -2.17. The Balaban J connectivity index is 1.65. The highest BCUT2D eigenvalue weighted by molar-refractivity contribution is 9.10. The number of methoxy groups -OCH3 is 1. The van der Waals surface area contributed by atoms with Crippen LogP contribution < -0.4 is 14.9 Å². The molecule has 0 aliphatic heterocycles. The Morgan fingerprint density at radius 1 is 1.26 bits per heavy atom. The second kappa shape index (κ2) is 9.00. The van der Waals surface area contributed by atoms with Gasteiger partial charge >= 0.3 is 0 Å². The Bertz CT molecular complexity index is 925. The van der Waals surface area contributed by atoms with Crippen LogP contribution in [0.3, 0.4) is 0 Å². The Hall–Kier alpha value is -3.13. The molecule has 0 radical (unpaired) electrons. The van der Waals surface area contributed by atoms with Crippen molar-refractivity contribution < 1.29 is 14.3 Å². The van der Waals surface area contributed by atoms with Gasteiger partial charge in [0.15, 0.2) is 18.2 Å². The number of benzene rings is 2. The molecule has 7 nitrogen and oxygen atoms in total. The smallest absolute Gasteiger partial charge is 0.271 e. The second-order valence-electron chi connectivity index (χ2n) is 5.44. The van der Waals surface area contributed by atoms with Crippen LogP contribution in [0, 0.1) is 0 Å². The van der Waals surface area contributed by atoms with Crippen LogP contribution in [0.25, 0.3) is 0 Å². The number of hydrogen-bond acceptors (Lipinski definition) is 5. The fourth-order valence-electron chi connectivity index (χ4n) is 2.23. The number of ether oxygens (including phenoxy) is 2. The summed E-state index contributed by atoms with van der Waals surface area (Å²) in [5.41, 5.74) is 3.77. The van der Waals surface area contributed by atoms with E-state index in [9.17, 15) is 4.79 Å². The monoisotopic (exact) mass is 428 g/mol. The standard InChI is InChI=1S/C19H17BrN4O3/c1-26-17-8-3-14(11-18(17)27-13-24-10-2-9-22-24)12-21-23-19(25)15-4-6-16(20)7-5-15/h2-12H,13H2,1H3,(H,23,25)/b21-12+. The highest BCUT2D eigenvalue weighted by atomic mass is 79.9. The largest absolute Gasteiger partial charge is 0.493 e. The van der Waals surface area contributed by atoms with E-state index < -0.39 is 0 Å². The predicted molar refractivity (Wildman–Crippen MR) is 105 cm³/mol. The zero-order valence-electron chi connectivity index (χ0n) is 14.5. The lowest BCUT2D eigenvalue weighted by molar-refractivity contribution is 0.0955. The molecule has 0 bridgehead atoms. The average Bonchev–Trinajstić information content (AvgIpc) is 3.20. The third-order valence-corrected chi connectivity index (χ3v) is 4.11. The van der Waals surface area contributed by atoms with E-state index in [0.29, 0.717) is 17.1 Å². The van der Waals surface area contributed by atoms with Gasteiger partial charge in [-0.15, -0.1) is 0 Å². The number of halogens is 1. The van der Waals surface area contributed by atoms with E-state index in [-0.39, 0.29) is 12.6 Å². The molecular formula is C19H17BrN4O3. The maximum Gasteiger partial charge on any atom is 0.271 e. The van der Waals surface area contributed by atoms with Crippen molar-refractivity contribution in [3.8, 4) is 11.5 Å². The molecule has 1 N–H and O–H groups in total. The van der Waals surface area contributed by atoms with Crippen LogP contribution in [0.15, 0.2) is 70.5 Å². The number of rotatable bonds is 7. The van der Waals surface area contributed by atoms with Crippen LogP contribution in [0.5, 0.6) is 11.5 Å². The van der Waals surface area contributed by atoms with Crippen LogP contribution in [0.4, 0.5) is 0 Å². The quantitative estimate of drug-likeness (QED) is 0.461. The van der Waals surface area contributed by atoms with Crippen molar-refractivity contribution in [2.75, 3.05) is 7.11 Å². The number of amides is 1. The maximum atomic E-state index is 12.1. The Morgan fingerprint density at radius 3 is 2.78 bits per heavy atom. The van der Waals surface area contributed by atoms with E-state index in [1.165, 1.54) is 6.21 Å². The molecule has 1 heterocycles. The summed E-state index contributed by atoms with van der Waals surface area (Å²) >= 11 is 3.33. The first kappa shape index (κ1) is 18.7. The van der Waals surface area contributed by atoms with Crippen molar-refractivity contribution in [1.82, 2.24) is 15.2 Å². The van der Waals surface area contributed by atoms with Crippen molar-refractivity contribution in [2.45, 2.75) is 6.73 Å². The van der Waals surface area contributed by atoms with Gasteiger partial charge in [0.25, 0.3) is 5.91 Å². The molecule has 8 heteroatoms. The average molecular weight is 429 g/mol. The van der Waals surface area contributed by atoms with Crippen LogP contribution in [0.2, 0.25) is 0 Å². The zero-order valence-corrected chi connectivity index (χ0v) is 16.1. The minimum absolute atomic E-state index is 0.254. The summed E-state index contributed by atoms with van der Waals surface area (Å²) in [5.74, 6) is 0.858. The summed E-state index contributed by atoms with van der Waals surface area (Å²) in [4.78, 5) is 12.1. The summed E-state index contributed by atoms with van der Waals surface area (Å²) in [6.07, 6.45) is 5.02. The summed E-state index contributed by atoms with van der Waals surface area (Å²) in [6.45, 7) is 0.254. The van der Waals surface area contributed by atoms with E-state index >= 15 is 0 Å². The van der Waals surface area contributed by atoms with Gasteiger partial charge in [0.2, 0.25) is 0 Å². The Kier molecular flexibility index (Phi) is 6.22. The molecule has 0 atom stereocenters. The van der Waals surface area contributed by atoms with Gasteiger partial charge in [-0.2, -0.15) is 10.2 Å². The number of hydrazone groups is 1. The normalized spacial score (nSPS) is 10.7. The summed E-state index contributed by atoms with van der Waals surface area (Å²) < 4.78 is 13.6. The maximum absolute atomic E-state index is 12.1. The topological polar surface area (TPSA) is 77.7 Å². The molecule has 3 rings (SSSR count).